The van der Waals surface area contributed by atoms with Crippen LogP contribution >= 0.6 is 23.2 Å². The molecule has 0 aliphatic carbocycles. The van der Waals surface area contributed by atoms with Gasteiger partial charge in [0.2, 0.25) is 0 Å². The fourth-order valence-electron chi connectivity index (χ4n) is 8.11. The van der Waals surface area contributed by atoms with Crippen LogP contribution in [-0.2, 0) is 53.5 Å². The largest absolute Gasteiger partial charge is 0.497 e. The number of esters is 1. The predicted molar refractivity (Wildman–Crippen MR) is 265 cm³/mol. The third kappa shape index (κ3) is 12.2. The lowest BCUT2D eigenvalue weighted by atomic mass is 10.0. The van der Waals surface area contributed by atoms with Crippen molar-refractivity contribution in [3.05, 3.63) is 187 Å². The second-order valence-corrected chi connectivity index (χ2v) is 17.7. The molecule has 0 saturated heterocycles. The minimum Gasteiger partial charge on any atom is -0.497 e. The summed E-state index contributed by atoms with van der Waals surface area (Å²) in [6.45, 7) is 4.06. The van der Waals surface area contributed by atoms with Crippen LogP contribution in [0.25, 0.3) is 0 Å². The fourth-order valence-corrected chi connectivity index (χ4v) is 8.50. The Morgan fingerprint density at radius 1 is 0.549 bits per heavy atom. The second-order valence-electron chi connectivity index (χ2n) is 16.8. The number of benzene rings is 6. The number of hydrogen-bond donors (Lipinski definition) is 1. The number of ether oxygens (including phenoxy) is 5. The summed E-state index contributed by atoms with van der Waals surface area (Å²) in [5, 5.41) is 10.6. The van der Waals surface area contributed by atoms with Gasteiger partial charge in [-0.3, -0.25) is 19.2 Å². The predicted octanol–water partition coefficient (Wildman–Crippen LogP) is 9.65. The van der Waals surface area contributed by atoms with Gasteiger partial charge >= 0.3 is 11.9 Å². The van der Waals surface area contributed by atoms with Crippen molar-refractivity contribution < 1.29 is 57.6 Å². The number of amides is 2. The van der Waals surface area contributed by atoms with Gasteiger partial charge in [0.05, 0.1) is 33.4 Å². The number of hydrogen-bond acceptors (Lipinski definition) is 11. The van der Waals surface area contributed by atoms with E-state index in [1.165, 1.54) is 23.0 Å². The van der Waals surface area contributed by atoms with Crippen LogP contribution in [0, 0.1) is 0 Å². The summed E-state index contributed by atoms with van der Waals surface area (Å²) in [5.74, 6) is -0.433. The van der Waals surface area contributed by atoms with Gasteiger partial charge < -0.3 is 38.6 Å². The van der Waals surface area contributed by atoms with Gasteiger partial charge in [-0.05, 0) is 132 Å². The maximum absolute atomic E-state index is 13.4. The van der Waals surface area contributed by atoms with Gasteiger partial charge in [0.25, 0.3) is 11.8 Å². The van der Waals surface area contributed by atoms with Crippen molar-refractivity contribution in [3.8, 4) is 23.0 Å². The standard InChI is InChI=1S/C28H26ClNO6.C27H24ClNO6/c1-17-25(31)14-20-13-21(29)7-11-23(20)27(32)30(17)15-19-6-10-24(28(33)35-3)26(12-19)36-16-18-4-8-22(34-2)9-5-18;1-16-24(30)13-19-12-20(28)6-10-22(19)26(31)29(16)14-18-5-9-23(27(32)33)25(11-18)35-15-17-3-7-21(34-2)8-4-17/h4-13,17H,14-16H2,1-3H3;3-12,16H,13-15H2,1-2H3,(H,32,33)/t17-;16-/m11/s1. The lowest BCUT2D eigenvalue weighted by molar-refractivity contribution is -0.123. The van der Waals surface area contributed by atoms with E-state index in [2.05, 4.69) is 0 Å². The summed E-state index contributed by atoms with van der Waals surface area (Å²) in [6.07, 6.45) is 0.254. The van der Waals surface area contributed by atoms with Crippen LogP contribution in [0.5, 0.6) is 23.0 Å². The average Bonchev–Trinajstić information content (AvgIpc) is 3.51. The number of carbonyl (C=O) groups excluding carboxylic acids is 5. The van der Waals surface area contributed by atoms with Gasteiger partial charge in [0, 0.05) is 47.1 Å². The third-order valence-electron chi connectivity index (χ3n) is 12.3. The Morgan fingerprint density at radius 2 is 0.944 bits per heavy atom. The first kappa shape index (κ1) is 51.2. The average molecular weight is 1000 g/mol. The number of nitrogens with zero attached hydrogens (tertiary/aromatic N) is 2. The number of halogens is 2. The summed E-state index contributed by atoms with van der Waals surface area (Å²) in [7, 11) is 4.47. The molecule has 8 rings (SSSR count). The van der Waals surface area contributed by atoms with Gasteiger partial charge in [-0.15, -0.1) is 0 Å². The number of fused-ring (bicyclic) bond motifs is 2. The molecule has 14 nitrogen and oxygen atoms in total. The molecule has 71 heavy (non-hydrogen) atoms. The van der Waals surface area contributed by atoms with E-state index in [0.29, 0.717) is 54.9 Å². The highest BCUT2D eigenvalue weighted by atomic mass is 35.5. The van der Waals surface area contributed by atoms with Crippen LogP contribution in [0.4, 0.5) is 0 Å². The van der Waals surface area contributed by atoms with Crippen molar-refractivity contribution in [2.45, 2.75) is 65.1 Å². The molecule has 2 aliphatic heterocycles. The van der Waals surface area contributed by atoms with Gasteiger partial charge in [-0.25, -0.2) is 9.59 Å². The monoisotopic (exact) mass is 1000 g/mol. The van der Waals surface area contributed by atoms with Crippen LogP contribution in [0.3, 0.4) is 0 Å². The molecule has 2 atom stereocenters. The minimum atomic E-state index is -1.12. The summed E-state index contributed by atoms with van der Waals surface area (Å²) >= 11 is 12.2. The SMILES string of the molecule is COC(=O)c1ccc(CN2C(=O)c3ccc(Cl)cc3CC(=O)[C@H]2C)cc1OCc1ccc(OC)cc1.COc1ccc(COc2cc(CN3C(=O)c4ccc(Cl)cc4CC(=O)[C@H]3C)ccc2C(=O)O)cc1. The van der Waals surface area contributed by atoms with Crippen molar-refractivity contribution in [2.75, 3.05) is 21.3 Å². The minimum absolute atomic E-state index is 0.00793. The molecule has 0 radical (unpaired) electrons. The molecule has 2 heterocycles. The topological polar surface area (TPSA) is 175 Å². The normalized spacial score (nSPS) is 15.3. The van der Waals surface area contributed by atoms with E-state index in [0.717, 1.165) is 16.9 Å². The molecule has 16 heteroatoms. The molecule has 0 spiro atoms. The van der Waals surface area contributed by atoms with E-state index >= 15 is 0 Å². The molecule has 2 amide bonds. The summed E-state index contributed by atoms with van der Waals surface area (Å²) < 4.78 is 27.1. The highest BCUT2D eigenvalue weighted by Gasteiger charge is 2.34. The zero-order valence-corrected chi connectivity index (χ0v) is 41.0. The Morgan fingerprint density at radius 3 is 1.34 bits per heavy atom. The number of carbonyl (C=O) groups is 6. The molecule has 0 aromatic heterocycles. The smallest absolute Gasteiger partial charge is 0.341 e. The van der Waals surface area contributed by atoms with Crippen LogP contribution in [0.1, 0.15) is 88.7 Å². The van der Waals surface area contributed by atoms with E-state index in [4.69, 9.17) is 46.9 Å². The van der Waals surface area contributed by atoms with Gasteiger partial charge in [-0.1, -0.05) is 59.6 Å². The maximum atomic E-state index is 13.4. The Hall–Kier alpha value is -7.68. The van der Waals surface area contributed by atoms with E-state index < -0.39 is 24.0 Å². The molecule has 0 fully saturated rings. The van der Waals surface area contributed by atoms with E-state index in [9.17, 15) is 33.9 Å². The summed E-state index contributed by atoms with van der Waals surface area (Å²) in [4.78, 5) is 79.5. The molecule has 0 bridgehead atoms. The Kier molecular flexibility index (Phi) is 16.5. The molecule has 1 N–H and O–H groups in total. The van der Waals surface area contributed by atoms with Gasteiger partial charge in [0.15, 0.2) is 11.6 Å². The number of rotatable bonds is 14. The highest BCUT2D eigenvalue weighted by molar-refractivity contribution is 6.31. The summed E-state index contributed by atoms with van der Waals surface area (Å²) in [6, 6.07) is 32.9. The molecular weight excluding hydrogens is 952 g/mol. The number of methoxy groups -OCH3 is 3. The van der Waals surface area contributed by atoms with Crippen LogP contribution < -0.4 is 18.9 Å². The highest BCUT2D eigenvalue weighted by Crippen LogP contribution is 2.31. The summed E-state index contributed by atoms with van der Waals surface area (Å²) in [5.41, 5.74) is 5.46. The number of aromatic carboxylic acids is 1. The number of carboxylic acids is 1. The lowest BCUT2D eigenvalue weighted by Crippen LogP contribution is -2.41. The zero-order chi connectivity index (χ0) is 50.9. The van der Waals surface area contributed by atoms with Gasteiger partial charge in [0.1, 0.15) is 47.3 Å². The second kappa shape index (κ2) is 22.8. The van der Waals surface area contributed by atoms with Crippen molar-refractivity contribution in [3.63, 3.8) is 0 Å². The number of carboxylic acid groups (broad SMARTS) is 1. The molecular formula is C55H50Cl2N2O12. The van der Waals surface area contributed by atoms with Crippen molar-refractivity contribution >= 4 is 58.5 Å². The molecule has 366 valence electrons. The Balaban J connectivity index is 0.000000209. The van der Waals surface area contributed by atoms with Crippen molar-refractivity contribution in [2.24, 2.45) is 0 Å². The molecule has 6 aromatic rings. The Labute approximate surface area is 420 Å². The first-order valence-electron chi connectivity index (χ1n) is 22.4. The van der Waals surface area contributed by atoms with E-state index in [-0.39, 0.29) is 79.4 Å². The molecule has 0 saturated carbocycles. The number of ketones is 2. The van der Waals surface area contributed by atoms with E-state index in [1.54, 1.807) is 107 Å². The molecule has 2 aliphatic rings. The third-order valence-corrected chi connectivity index (χ3v) is 12.7. The molecule has 0 unspecified atom stereocenters. The maximum Gasteiger partial charge on any atom is 0.341 e. The number of Topliss-reactive ketones (excluding diaryl/α,β-unsaturated/α-hetero) is 2. The van der Waals surface area contributed by atoms with Gasteiger partial charge in [-0.2, -0.15) is 0 Å². The molecule has 6 aromatic carbocycles. The van der Waals surface area contributed by atoms with Crippen LogP contribution in [0.15, 0.2) is 121 Å². The first-order valence-corrected chi connectivity index (χ1v) is 23.2. The van der Waals surface area contributed by atoms with Crippen LogP contribution in [0.2, 0.25) is 10.0 Å². The fraction of sp³-hybridized carbons (Fsp3) is 0.236. The van der Waals surface area contributed by atoms with E-state index in [1.807, 2.05) is 36.4 Å². The quantitative estimate of drug-likeness (QED) is 0.103. The Bertz CT molecular complexity index is 2990. The van der Waals surface area contributed by atoms with Crippen molar-refractivity contribution in [1.82, 2.24) is 9.80 Å². The first-order chi connectivity index (χ1) is 34.1. The lowest BCUT2D eigenvalue weighted by Gasteiger charge is -2.27. The zero-order valence-electron chi connectivity index (χ0n) is 39.5. The van der Waals surface area contributed by atoms with Crippen molar-refractivity contribution in [1.29, 1.82) is 0 Å². The van der Waals surface area contributed by atoms with Crippen LogP contribution in [-0.4, -0.2) is 83.6 Å².